The van der Waals surface area contributed by atoms with E-state index >= 15 is 0 Å². The molecule has 0 amide bonds. The van der Waals surface area contributed by atoms with Crippen molar-refractivity contribution in [2.75, 3.05) is 6.61 Å². The monoisotopic (exact) mass is 284 g/mol. The normalized spacial score (nSPS) is 12.5. The number of ether oxygens (including phenoxy) is 1. The molecule has 1 rings (SSSR count). The van der Waals surface area contributed by atoms with E-state index in [1.54, 1.807) is 13.2 Å². The van der Waals surface area contributed by atoms with Crippen molar-refractivity contribution >= 4 is 14.3 Å². The van der Waals surface area contributed by atoms with Gasteiger partial charge in [-0.05, 0) is 25.1 Å². The van der Waals surface area contributed by atoms with Crippen LogP contribution in [0.5, 0.6) is 0 Å². The van der Waals surface area contributed by atoms with Gasteiger partial charge >= 0.3 is 5.97 Å². The van der Waals surface area contributed by atoms with Crippen LogP contribution in [0.25, 0.3) is 0 Å². The first-order valence-electron chi connectivity index (χ1n) is 6.55. The van der Waals surface area contributed by atoms with Gasteiger partial charge in [0, 0.05) is 5.56 Å². The average molecular weight is 284 g/mol. The van der Waals surface area contributed by atoms with Crippen LogP contribution in [0.3, 0.4) is 0 Å². The molecule has 0 aliphatic carbocycles. The van der Waals surface area contributed by atoms with Gasteiger partial charge in [0.05, 0.1) is 19.5 Å². The maximum atomic E-state index is 11.7. The Morgan fingerprint density at radius 2 is 1.95 bits per heavy atom. The summed E-state index contributed by atoms with van der Waals surface area (Å²) in [4.78, 5) is 11.7. The highest BCUT2D eigenvalue weighted by molar-refractivity contribution is 6.74. The molecule has 0 atom stereocenters. The Morgan fingerprint density at radius 3 is 2.47 bits per heavy atom. The molecule has 0 aromatic carbocycles. The number of furan rings is 1. The van der Waals surface area contributed by atoms with Gasteiger partial charge in [0.25, 0.3) is 0 Å². The van der Waals surface area contributed by atoms with Gasteiger partial charge in [-0.15, -0.1) is 0 Å². The highest BCUT2D eigenvalue weighted by atomic mass is 28.4. The molecule has 5 heteroatoms. The molecule has 0 saturated heterocycles. The van der Waals surface area contributed by atoms with Gasteiger partial charge in [0.1, 0.15) is 11.8 Å². The first-order valence-corrected chi connectivity index (χ1v) is 9.46. The molecule has 0 aliphatic rings. The van der Waals surface area contributed by atoms with E-state index < -0.39 is 8.32 Å². The molecule has 0 spiro atoms. The summed E-state index contributed by atoms with van der Waals surface area (Å²) in [6, 6.07) is 0. The predicted molar refractivity (Wildman–Crippen MR) is 76.7 cm³/mol. The number of rotatable bonds is 5. The first kappa shape index (κ1) is 16.0. The van der Waals surface area contributed by atoms with Crippen LogP contribution in [0.15, 0.2) is 16.9 Å². The standard InChI is InChI=1S/C14H24O4Si/c1-7-17-13(15)12-10-16-8-11(12)9-18-19(5,6)14(2,3)4/h8,10H,7,9H2,1-6H3. The maximum absolute atomic E-state index is 11.7. The van der Waals surface area contributed by atoms with Crippen molar-refractivity contribution in [1.82, 2.24) is 0 Å². The summed E-state index contributed by atoms with van der Waals surface area (Å²) in [7, 11) is -1.83. The lowest BCUT2D eigenvalue weighted by Crippen LogP contribution is -2.40. The number of carbonyl (C=O) groups excluding carboxylic acids is 1. The molecule has 0 aliphatic heterocycles. The Bertz CT molecular complexity index is 429. The second-order valence-electron chi connectivity index (χ2n) is 6.08. The predicted octanol–water partition coefficient (Wildman–Crippen LogP) is 3.98. The number of esters is 1. The third kappa shape index (κ3) is 3.94. The highest BCUT2D eigenvalue weighted by Gasteiger charge is 2.37. The summed E-state index contributed by atoms with van der Waals surface area (Å²) in [5.41, 5.74) is 1.21. The summed E-state index contributed by atoms with van der Waals surface area (Å²) in [6.45, 7) is 13.4. The van der Waals surface area contributed by atoms with E-state index in [1.807, 2.05) is 0 Å². The minimum Gasteiger partial charge on any atom is -0.471 e. The van der Waals surface area contributed by atoms with Gasteiger partial charge in [-0.3, -0.25) is 0 Å². The molecular formula is C14H24O4Si. The maximum Gasteiger partial charge on any atom is 0.341 e. The lowest BCUT2D eigenvalue weighted by atomic mass is 10.2. The van der Waals surface area contributed by atoms with Crippen molar-refractivity contribution in [3.05, 3.63) is 23.7 Å². The Labute approximate surface area is 116 Å². The van der Waals surface area contributed by atoms with E-state index in [2.05, 4.69) is 33.9 Å². The van der Waals surface area contributed by atoms with Crippen LogP contribution in [0, 0.1) is 0 Å². The summed E-state index contributed by atoms with van der Waals surface area (Å²) in [5.74, 6) is -0.356. The Kier molecular flexibility index (Phi) is 4.98. The van der Waals surface area contributed by atoms with Crippen LogP contribution < -0.4 is 0 Å². The van der Waals surface area contributed by atoms with E-state index in [-0.39, 0.29) is 11.0 Å². The third-order valence-electron chi connectivity index (χ3n) is 3.63. The van der Waals surface area contributed by atoms with Crippen LogP contribution in [-0.2, 0) is 15.8 Å². The van der Waals surface area contributed by atoms with Crippen LogP contribution in [0.2, 0.25) is 18.1 Å². The van der Waals surface area contributed by atoms with E-state index in [0.717, 1.165) is 5.56 Å². The van der Waals surface area contributed by atoms with E-state index in [9.17, 15) is 4.79 Å². The largest absolute Gasteiger partial charge is 0.471 e. The third-order valence-corrected chi connectivity index (χ3v) is 8.11. The fourth-order valence-electron chi connectivity index (χ4n) is 1.30. The Morgan fingerprint density at radius 1 is 1.32 bits per heavy atom. The molecule has 0 N–H and O–H groups in total. The van der Waals surface area contributed by atoms with Crippen molar-refractivity contribution in [3.8, 4) is 0 Å². The van der Waals surface area contributed by atoms with Gasteiger partial charge in [-0.1, -0.05) is 20.8 Å². The SMILES string of the molecule is CCOC(=O)c1cocc1CO[Si](C)(C)C(C)(C)C. The van der Waals surface area contributed by atoms with Crippen LogP contribution in [0.4, 0.5) is 0 Å². The fourth-order valence-corrected chi connectivity index (χ4v) is 2.25. The smallest absolute Gasteiger partial charge is 0.341 e. The van der Waals surface area contributed by atoms with Gasteiger partial charge in [-0.25, -0.2) is 4.79 Å². The number of hydrogen-bond acceptors (Lipinski definition) is 4. The Hall–Kier alpha value is -1.07. The van der Waals surface area contributed by atoms with E-state index in [0.29, 0.717) is 18.8 Å². The number of carbonyl (C=O) groups is 1. The van der Waals surface area contributed by atoms with Gasteiger partial charge in [0.2, 0.25) is 0 Å². The molecule has 0 radical (unpaired) electrons. The van der Waals surface area contributed by atoms with Gasteiger partial charge in [0.15, 0.2) is 8.32 Å². The molecular weight excluding hydrogens is 260 g/mol. The lowest BCUT2D eigenvalue weighted by Gasteiger charge is -2.36. The second-order valence-corrected chi connectivity index (χ2v) is 10.9. The molecule has 0 fully saturated rings. The quantitative estimate of drug-likeness (QED) is 0.606. The average Bonchev–Trinajstić information content (AvgIpc) is 2.73. The van der Waals surface area contributed by atoms with Gasteiger partial charge in [-0.2, -0.15) is 0 Å². The van der Waals surface area contributed by atoms with Crippen LogP contribution >= 0.6 is 0 Å². The zero-order chi connectivity index (χ0) is 14.7. The minimum atomic E-state index is -1.83. The minimum absolute atomic E-state index is 0.140. The summed E-state index contributed by atoms with van der Waals surface area (Å²) >= 11 is 0. The van der Waals surface area contributed by atoms with Crippen molar-refractivity contribution in [1.29, 1.82) is 0 Å². The summed E-state index contributed by atoms with van der Waals surface area (Å²) in [6.07, 6.45) is 2.97. The molecule has 0 unspecified atom stereocenters. The molecule has 1 aromatic rings. The van der Waals surface area contributed by atoms with Crippen molar-refractivity contribution in [2.24, 2.45) is 0 Å². The van der Waals surface area contributed by atoms with Crippen molar-refractivity contribution < 1.29 is 18.4 Å². The van der Waals surface area contributed by atoms with Crippen LogP contribution in [0.1, 0.15) is 43.6 Å². The first-order chi connectivity index (χ1) is 8.69. The van der Waals surface area contributed by atoms with Crippen molar-refractivity contribution in [3.63, 3.8) is 0 Å². The number of hydrogen-bond donors (Lipinski definition) is 0. The molecule has 108 valence electrons. The van der Waals surface area contributed by atoms with Crippen LogP contribution in [-0.4, -0.2) is 20.9 Å². The molecule has 1 aromatic heterocycles. The van der Waals surface area contributed by atoms with Gasteiger partial charge < -0.3 is 13.6 Å². The van der Waals surface area contributed by atoms with Crippen molar-refractivity contribution in [2.45, 2.75) is 52.4 Å². The molecule has 1 heterocycles. The topological polar surface area (TPSA) is 48.7 Å². The zero-order valence-electron chi connectivity index (χ0n) is 12.7. The second kappa shape index (κ2) is 5.92. The van der Waals surface area contributed by atoms with E-state index in [1.165, 1.54) is 6.26 Å². The highest BCUT2D eigenvalue weighted by Crippen LogP contribution is 2.37. The molecule has 0 bridgehead atoms. The fraction of sp³-hybridized carbons (Fsp3) is 0.643. The van der Waals surface area contributed by atoms with E-state index in [4.69, 9.17) is 13.6 Å². The lowest BCUT2D eigenvalue weighted by molar-refractivity contribution is 0.0522. The zero-order valence-corrected chi connectivity index (χ0v) is 13.7. The summed E-state index contributed by atoms with van der Waals surface area (Å²) in [5, 5.41) is 0.140. The molecule has 4 nitrogen and oxygen atoms in total. The molecule has 19 heavy (non-hydrogen) atoms. The summed E-state index contributed by atoms with van der Waals surface area (Å²) < 4.78 is 16.2. The molecule has 0 saturated carbocycles. The Balaban J connectivity index is 2.75.